The molecule has 1 fully saturated rings. The van der Waals surface area contributed by atoms with Crippen molar-refractivity contribution in [1.82, 2.24) is 4.90 Å². The van der Waals surface area contributed by atoms with E-state index in [0.717, 1.165) is 18.7 Å². The lowest BCUT2D eigenvalue weighted by atomic mass is 9.96. The first kappa shape index (κ1) is 21.4. The van der Waals surface area contributed by atoms with E-state index < -0.39 is 54.1 Å². The molecule has 2 aliphatic rings. The Bertz CT molecular complexity index is 861. The summed E-state index contributed by atoms with van der Waals surface area (Å²) in [6, 6.07) is 5.26. The first-order chi connectivity index (χ1) is 14.2. The zero-order valence-electron chi connectivity index (χ0n) is 16.7. The SMILES string of the molecule is CC(=O)OC[C@H]1OC[C@H](N2C(=O)c3ccccc3C2=O)[C@@H](OC(C)=O)[C@H]1OC(C)=O. The normalized spacial score (nSPS) is 25.5. The Morgan fingerprint density at radius 3 is 1.97 bits per heavy atom. The summed E-state index contributed by atoms with van der Waals surface area (Å²) in [5.41, 5.74) is 0.435. The molecule has 2 aliphatic heterocycles. The number of fused-ring (bicyclic) bond motifs is 1. The molecule has 0 radical (unpaired) electrons. The van der Waals surface area contributed by atoms with E-state index in [1.807, 2.05) is 0 Å². The molecule has 0 aromatic heterocycles. The molecular weight excluding hydrogens is 398 g/mol. The smallest absolute Gasteiger partial charge is 0.303 e. The molecule has 0 saturated carbocycles. The van der Waals surface area contributed by atoms with Crippen LogP contribution in [0.4, 0.5) is 0 Å². The molecule has 0 N–H and O–H groups in total. The van der Waals surface area contributed by atoms with Gasteiger partial charge in [-0.25, -0.2) is 0 Å². The predicted octanol–water partition coefficient (Wildman–Crippen LogP) is 0.476. The minimum Gasteiger partial charge on any atom is -0.463 e. The fourth-order valence-corrected chi connectivity index (χ4v) is 3.59. The van der Waals surface area contributed by atoms with Crippen LogP contribution in [0.5, 0.6) is 0 Å². The molecule has 30 heavy (non-hydrogen) atoms. The van der Waals surface area contributed by atoms with Crippen LogP contribution in [0.15, 0.2) is 24.3 Å². The Kier molecular flexibility index (Phi) is 6.16. The Balaban J connectivity index is 1.95. The summed E-state index contributed by atoms with van der Waals surface area (Å²) in [7, 11) is 0. The van der Waals surface area contributed by atoms with Gasteiger partial charge >= 0.3 is 17.9 Å². The van der Waals surface area contributed by atoms with Crippen LogP contribution in [0, 0.1) is 0 Å². The van der Waals surface area contributed by atoms with Gasteiger partial charge in [0, 0.05) is 20.8 Å². The average molecular weight is 419 g/mol. The van der Waals surface area contributed by atoms with E-state index >= 15 is 0 Å². The van der Waals surface area contributed by atoms with E-state index in [1.54, 1.807) is 12.1 Å². The Morgan fingerprint density at radius 2 is 1.47 bits per heavy atom. The van der Waals surface area contributed by atoms with Gasteiger partial charge in [0.2, 0.25) is 0 Å². The second-order valence-corrected chi connectivity index (χ2v) is 6.92. The van der Waals surface area contributed by atoms with E-state index in [-0.39, 0.29) is 24.3 Å². The molecular formula is C20H21NO9. The summed E-state index contributed by atoms with van der Waals surface area (Å²) < 4.78 is 21.3. The van der Waals surface area contributed by atoms with E-state index in [2.05, 4.69) is 0 Å². The summed E-state index contributed by atoms with van der Waals surface area (Å²) in [6.45, 7) is 3.04. The van der Waals surface area contributed by atoms with Crippen LogP contribution in [-0.4, -0.2) is 72.2 Å². The molecule has 1 aromatic carbocycles. The van der Waals surface area contributed by atoms with Gasteiger partial charge in [0.05, 0.1) is 17.7 Å². The van der Waals surface area contributed by atoms with Crippen molar-refractivity contribution in [3.8, 4) is 0 Å². The van der Waals surface area contributed by atoms with Crippen LogP contribution in [-0.2, 0) is 33.3 Å². The molecule has 0 unspecified atom stereocenters. The lowest BCUT2D eigenvalue weighted by Crippen LogP contribution is -2.63. The van der Waals surface area contributed by atoms with E-state index in [1.165, 1.54) is 19.1 Å². The third-order valence-corrected chi connectivity index (χ3v) is 4.76. The van der Waals surface area contributed by atoms with Crippen molar-refractivity contribution in [1.29, 1.82) is 0 Å². The molecule has 1 saturated heterocycles. The standard InChI is InChI=1S/C20H21NO9/c1-10(22)27-9-16-18(30-12(3)24)17(29-11(2)23)15(8-28-16)21-19(25)13-6-4-5-7-14(13)20(21)26/h4-7,15-18H,8-9H2,1-3H3/t15-,16+,17+,18-/m0/s1. The van der Waals surface area contributed by atoms with Crippen LogP contribution in [0.25, 0.3) is 0 Å². The maximum Gasteiger partial charge on any atom is 0.303 e. The van der Waals surface area contributed by atoms with Gasteiger partial charge in [0.15, 0.2) is 12.2 Å². The van der Waals surface area contributed by atoms with E-state index in [0.29, 0.717) is 0 Å². The molecule has 0 bridgehead atoms. The lowest BCUT2D eigenvalue weighted by molar-refractivity contribution is -0.211. The fraction of sp³-hybridized carbons (Fsp3) is 0.450. The van der Waals surface area contributed by atoms with Gasteiger partial charge in [-0.15, -0.1) is 0 Å². The first-order valence-corrected chi connectivity index (χ1v) is 9.27. The van der Waals surface area contributed by atoms with Gasteiger partial charge in [0.1, 0.15) is 18.8 Å². The monoisotopic (exact) mass is 419 g/mol. The van der Waals surface area contributed by atoms with E-state index in [9.17, 15) is 24.0 Å². The predicted molar refractivity (Wildman–Crippen MR) is 98.2 cm³/mol. The van der Waals surface area contributed by atoms with Crippen molar-refractivity contribution < 1.29 is 42.9 Å². The summed E-state index contributed by atoms with van der Waals surface area (Å²) in [5.74, 6) is -3.11. The minimum absolute atomic E-state index is 0.201. The second kappa shape index (κ2) is 8.62. The number of amides is 2. The Morgan fingerprint density at radius 1 is 0.933 bits per heavy atom. The largest absolute Gasteiger partial charge is 0.463 e. The molecule has 3 rings (SSSR count). The van der Waals surface area contributed by atoms with Crippen molar-refractivity contribution in [3.05, 3.63) is 35.4 Å². The number of rotatable bonds is 5. The van der Waals surface area contributed by atoms with Gasteiger partial charge < -0.3 is 18.9 Å². The number of imide groups is 1. The number of ether oxygens (including phenoxy) is 4. The molecule has 10 heteroatoms. The Labute approximate surface area is 172 Å². The fourth-order valence-electron chi connectivity index (χ4n) is 3.59. The van der Waals surface area contributed by atoms with Crippen LogP contribution < -0.4 is 0 Å². The molecule has 160 valence electrons. The quantitative estimate of drug-likeness (QED) is 0.380. The number of hydrogen-bond acceptors (Lipinski definition) is 9. The minimum atomic E-state index is -1.21. The number of benzene rings is 1. The molecule has 2 heterocycles. The van der Waals surface area contributed by atoms with Crippen LogP contribution in [0.3, 0.4) is 0 Å². The van der Waals surface area contributed by atoms with Crippen molar-refractivity contribution >= 4 is 29.7 Å². The van der Waals surface area contributed by atoms with Crippen LogP contribution in [0.2, 0.25) is 0 Å². The van der Waals surface area contributed by atoms with Gasteiger partial charge in [-0.2, -0.15) is 0 Å². The average Bonchev–Trinajstić information content (AvgIpc) is 2.92. The van der Waals surface area contributed by atoms with Crippen molar-refractivity contribution in [2.45, 2.75) is 45.1 Å². The molecule has 0 spiro atoms. The maximum absolute atomic E-state index is 12.9. The molecule has 1 aromatic rings. The van der Waals surface area contributed by atoms with Crippen molar-refractivity contribution in [2.75, 3.05) is 13.2 Å². The van der Waals surface area contributed by atoms with Crippen molar-refractivity contribution in [2.24, 2.45) is 0 Å². The number of carbonyl (C=O) groups excluding carboxylic acids is 5. The highest BCUT2D eigenvalue weighted by Gasteiger charge is 2.52. The molecule has 10 nitrogen and oxygen atoms in total. The van der Waals surface area contributed by atoms with Gasteiger partial charge in [0.25, 0.3) is 11.8 Å². The number of nitrogens with zero attached hydrogens (tertiary/aromatic N) is 1. The zero-order chi connectivity index (χ0) is 22.0. The topological polar surface area (TPSA) is 126 Å². The number of hydrogen-bond donors (Lipinski definition) is 0. The zero-order valence-corrected chi connectivity index (χ0v) is 16.7. The highest BCUT2D eigenvalue weighted by Crippen LogP contribution is 2.32. The summed E-state index contributed by atoms with van der Waals surface area (Å²) in [4.78, 5) is 61.4. The maximum atomic E-state index is 12.9. The third-order valence-electron chi connectivity index (χ3n) is 4.76. The number of carbonyl (C=O) groups is 5. The van der Waals surface area contributed by atoms with E-state index in [4.69, 9.17) is 18.9 Å². The highest BCUT2D eigenvalue weighted by molar-refractivity contribution is 6.21. The first-order valence-electron chi connectivity index (χ1n) is 9.27. The van der Waals surface area contributed by atoms with Gasteiger partial charge in [-0.3, -0.25) is 28.9 Å². The summed E-state index contributed by atoms with van der Waals surface area (Å²) >= 11 is 0. The Hall–Kier alpha value is -3.27. The summed E-state index contributed by atoms with van der Waals surface area (Å²) in [6.07, 6.45) is -3.36. The summed E-state index contributed by atoms with van der Waals surface area (Å²) in [5, 5.41) is 0. The van der Waals surface area contributed by atoms with Crippen LogP contribution in [0.1, 0.15) is 41.5 Å². The number of esters is 3. The highest BCUT2D eigenvalue weighted by atomic mass is 16.6. The molecule has 4 atom stereocenters. The molecule has 2 amide bonds. The van der Waals surface area contributed by atoms with Gasteiger partial charge in [-0.1, -0.05) is 12.1 Å². The lowest BCUT2D eigenvalue weighted by Gasteiger charge is -2.43. The van der Waals surface area contributed by atoms with Crippen molar-refractivity contribution in [3.63, 3.8) is 0 Å². The van der Waals surface area contributed by atoms with Crippen LogP contribution >= 0.6 is 0 Å². The molecule has 0 aliphatic carbocycles. The third kappa shape index (κ3) is 4.18. The second-order valence-electron chi connectivity index (χ2n) is 6.92. The van der Waals surface area contributed by atoms with Gasteiger partial charge in [-0.05, 0) is 12.1 Å².